The molecule has 1 aliphatic rings. The maximum atomic E-state index is 12.6. The van der Waals surface area contributed by atoms with Gasteiger partial charge < -0.3 is 11.1 Å². The Kier molecular flexibility index (Phi) is 7.28. The molecule has 0 spiro atoms. The molecule has 1 aliphatic carbocycles. The van der Waals surface area contributed by atoms with E-state index in [1.807, 2.05) is 0 Å². The Morgan fingerprint density at radius 3 is 2.44 bits per heavy atom. The first-order valence-corrected chi connectivity index (χ1v) is 9.09. The Morgan fingerprint density at radius 1 is 1.16 bits per heavy atom. The summed E-state index contributed by atoms with van der Waals surface area (Å²) in [6.45, 7) is 0. The van der Waals surface area contributed by atoms with Crippen molar-refractivity contribution in [2.24, 2.45) is 11.7 Å². The first kappa shape index (κ1) is 21.7. The van der Waals surface area contributed by atoms with E-state index in [1.165, 1.54) is 6.07 Å². The largest absolute Gasteiger partial charge is 0.501 e. The highest BCUT2D eigenvalue weighted by Crippen LogP contribution is 2.31. The molecule has 5 nitrogen and oxygen atoms in total. The number of amides is 1. The van der Waals surface area contributed by atoms with Gasteiger partial charge in [0.15, 0.2) is 0 Å². The number of carbonyl (C=O) groups excluding carboxylic acids is 1. The van der Waals surface area contributed by atoms with E-state index in [0.29, 0.717) is 12.8 Å². The van der Waals surface area contributed by atoms with Gasteiger partial charge in [0, 0.05) is 11.7 Å². The Balaban J connectivity index is 0.00000312. The fourth-order valence-electron chi connectivity index (χ4n) is 2.77. The normalized spacial score (nSPS) is 21.8. The molecule has 0 heterocycles. The van der Waals surface area contributed by atoms with Crippen LogP contribution >= 0.6 is 12.4 Å². The van der Waals surface area contributed by atoms with Crippen LogP contribution in [-0.4, -0.2) is 25.9 Å². The molecular formula is C15H20ClF3N2O3S. The molecule has 3 N–H and O–H groups in total. The van der Waals surface area contributed by atoms with Crippen LogP contribution in [0, 0.1) is 5.92 Å². The van der Waals surface area contributed by atoms with Gasteiger partial charge in [0.2, 0.25) is 5.91 Å². The monoisotopic (exact) mass is 400 g/mol. The average Bonchev–Trinajstić information content (AvgIpc) is 2.71. The van der Waals surface area contributed by atoms with Gasteiger partial charge >= 0.3 is 5.51 Å². The van der Waals surface area contributed by atoms with Crippen molar-refractivity contribution < 1.29 is 26.4 Å². The van der Waals surface area contributed by atoms with Gasteiger partial charge in [0.25, 0.3) is 9.84 Å². The van der Waals surface area contributed by atoms with E-state index in [4.69, 9.17) is 5.73 Å². The molecule has 2 rings (SSSR count). The minimum absolute atomic E-state index is 0. The third-order valence-corrected chi connectivity index (χ3v) is 5.61. The Bertz CT molecular complexity index is 710. The standard InChI is InChI=1S/C15H19F3N2O3S.ClH/c16-15(17,18)24(22,23)11-6-4-5-10(9-11)20-14(21)12-7-2-1-3-8-13(12)19;/h4-6,9,12-13H,1-3,7-8,19H2,(H,20,21);1H/t12-,13+;/m1./s1. The van der Waals surface area contributed by atoms with Crippen LogP contribution in [-0.2, 0) is 14.6 Å². The lowest BCUT2D eigenvalue weighted by Gasteiger charge is -2.20. The van der Waals surface area contributed by atoms with Gasteiger partial charge in [-0.3, -0.25) is 4.79 Å². The molecule has 2 atom stereocenters. The molecule has 0 bridgehead atoms. The van der Waals surface area contributed by atoms with Gasteiger partial charge in [-0.05, 0) is 31.0 Å². The van der Waals surface area contributed by atoms with Crippen LogP contribution in [0.3, 0.4) is 0 Å². The summed E-state index contributed by atoms with van der Waals surface area (Å²) in [5.41, 5.74) is 0.596. The molecular weight excluding hydrogens is 381 g/mol. The summed E-state index contributed by atoms with van der Waals surface area (Å²) in [5.74, 6) is -0.832. The predicted molar refractivity (Wildman–Crippen MR) is 90.1 cm³/mol. The minimum Gasteiger partial charge on any atom is -0.327 e. The molecule has 10 heteroatoms. The summed E-state index contributed by atoms with van der Waals surface area (Å²) < 4.78 is 60.7. The van der Waals surface area contributed by atoms with Crippen molar-refractivity contribution in [2.75, 3.05) is 5.32 Å². The Morgan fingerprint density at radius 2 is 1.80 bits per heavy atom. The van der Waals surface area contributed by atoms with E-state index in [9.17, 15) is 26.4 Å². The van der Waals surface area contributed by atoms with Crippen molar-refractivity contribution in [3.63, 3.8) is 0 Å². The Labute approximate surface area is 150 Å². The molecule has 0 aromatic heterocycles. The third-order valence-electron chi connectivity index (χ3n) is 4.12. The van der Waals surface area contributed by atoms with Gasteiger partial charge in [-0.2, -0.15) is 13.2 Å². The van der Waals surface area contributed by atoms with Gasteiger partial charge in [0.05, 0.1) is 10.8 Å². The van der Waals surface area contributed by atoms with Crippen molar-refractivity contribution in [3.05, 3.63) is 24.3 Å². The highest BCUT2D eigenvalue weighted by Gasteiger charge is 2.46. The quantitative estimate of drug-likeness (QED) is 0.762. The molecule has 0 unspecified atom stereocenters. The van der Waals surface area contributed by atoms with Crippen LogP contribution in [0.1, 0.15) is 32.1 Å². The molecule has 1 amide bonds. The highest BCUT2D eigenvalue weighted by molar-refractivity contribution is 7.92. The van der Waals surface area contributed by atoms with Crippen LogP contribution in [0.4, 0.5) is 18.9 Å². The van der Waals surface area contributed by atoms with Gasteiger partial charge in [-0.1, -0.05) is 25.3 Å². The smallest absolute Gasteiger partial charge is 0.327 e. The molecule has 0 aliphatic heterocycles. The second-order valence-corrected chi connectivity index (χ2v) is 7.82. The van der Waals surface area contributed by atoms with E-state index >= 15 is 0 Å². The first-order chi connectivity index (χ1) is 11.1. The molecule has 1 fully saturated rings. The number of rotatable bonds is 3. The predicted octanol–water partition coefficient (Wildman–Crippen LogP) is 3.25. The molecule has 1 aromatic carbocycles. The van der Waals surface area contributed by atoms with Crippen molar-refractivity contribution in [2.45, 2.75) is 48.5 Å². The number of alkyl halides is 3. The van der Waals surface area contributed by atoms with E-state index in [1.54, 1.807) is 0 Å². The number of hydrogen-bond donors (Lipinski definition) is 2. The third kappa shape index (κ3) is 5.08. The summed E-state index contributed by atoms with van der Waals surface area (Å²) in [4.78, 5) is 11.4. The van der Waals surface area contributed by atoms with Crippen molar-refractivity contribution in [3.8, 4) is 0 Å². The van der Waals surface area contributed by atoms with Crippen LogP contribution in [0.15, 0.2) is 29.2 Å². The molecule has 0 radical (unpaired) electrons. The zero-order chi connectivity index (χ0) is 18.0. The Hall–Kier alpha value is -1.32. The molecule has 0 saturated heterocycles. The molecule has 25 heavy (non-hydrogen) atoms. The van der Waals surface area contributed by atoms with Crippen LogP contribution in [0.25, 0.3) is 0 Å². The second kappa shape index (κ2) is 8.37. The number of nitrogens with one attached hydrogen (secondary N) is 1. The zero-order valence-corrected chi connectivity index (χ0v) is 14.9. The van der Waals surface area contributed by atoms with Crippen LogP contribution < -0.4 is 11.1 Å². The van der Waals surface area contributed by atoms with Crippen molar-refractivity contribution in [1.29, 1.82) is 0 Å². The van der Waals surface area contributed by atoms with Crippen LogP contribution in [0.5, 0.6) is 0 Å². The summed E-state index contributed by atoms with van der Waals surface area (Å²) in [7, 11) is -5.45. The van der Waals surface area contributed by atoms with E-state index < -0.39 is 32.1 Å². The van der Waals surface area contributed by atoms with Crippen LogP contribution in [0.2, 0.25) is 0 Å². The van der Waals surface area contributed by atoms with Gasteiger partial charge in [-0.25, -0.2) is 8.42 Å². The molecule has 142 valence electrons. The second-order valence-electron chi connectivity index (χ2n) is 5.87. The van der Waals surface area contributed by atoms with Gasteiger partial charge in [0.1, 0.15) is 0 Å². The van der Waals surface area contributed by atoms with Crippen molar-refractivity contribution >= 4 is 33.8 Å². The average molecular weight is 401 g/mol. The topological polar surface area (TPSA) is 89.3 Å². The lowest BCUT2D eigenvalue weighted by Crippen LogP contribution is -2.37. The maximum absolute atomic E-state index is 12.6. The summed E-state index contributed by atoms with van der Waals surface area (Å²) in [6, 6.07) is 3.84. The number of anilines is 1. The minimum atomic E-state index is -5.45. The maximum Gasteiger partial charge on any atom is 0.501 e. The van der Waals surface area contributed by atoms with E-state index in [2.05, 4.69) is 5.32 Å². The lowest BCUT2D eigenvalue weighted by molar-refractivity contribution is -0.120. The molecule has 1 saturated carbocycles. The zero-order valence-electron chi connectivity index (χ0n) is 13.3. The van der Waals surface area contributed by atoms with Gasteiger partial charge in [-0.15, -0.1) is 12.4 Å². The first-order valence-electron chi connectivity index (χ1n) is 7.61. The van der Waals surface area contributed by atoms with E-state index in [-0.39, 0.29) is 24.1 Å². The number of halogens is 4. The summed E-state index contributed by atoms with van der Waals surface area (Å²) in [5, 5.41) is 2.48. The number of nitrogens with two attached hydrogens (primary N) is 1. The number of hydrogen-bond acceptors (Lipinski definition) is 4. The van der Waals surface area contributed by atoms with Crippen molar-refractivity contribution in [1.82, 2.24) is 0 Å². The number of carbonyl (C=O) groups is 1. The summed E-state index contributed by atoms with van der Waals surface area (Å²) in [6.07, 6.45) is 4.09. The number of sulfone groups is 1. The molecule has 1 aromatic rings. The number of benzene rings is 1. The van der Waals surface area contributed by atoms with E-state index in [0.717, 1.165) is 37.5 Å². The summed E-state index contributed by atoms with van der Waals surface area (Å²) >= 11 is 0. The highest BCUT2D eigenvalue weighted by atomic mass is 35.5. The fourth-order valence-corrected chi connectivity index (χ4v) is 3.58. The lowest BCUT2D eigenvalue weighted by atomic mass is 9.94. The SMILES string of the molecule is Cl.N[C@H]1CCCCC[C@H]1C(=O)Nc1cccc(S(=O)(=O)C(F)(F)F)c1. The fraction of sp³-hybridized carbons (Fsp3) is 0.533.